The topological polar surface area (TPSA) is 97.2 Å². The predicted octanol–water partition coefficient (Wildman–Crippen LogP) is 4.04. The number of nitrogens with one attached hydrogen (secondary N) is 1. The number of aromatic nitrogens is 3. The monoisotopic (exact) mass is 420 g/mol. The molecule has 0 unspecified atom stereocenters. The molecule has 2 aromatic carbocycles. The second kappa shape index (κ2) is 8.17. The third-order valence-corrected chi connectivity index (χ3v) is 5.24. The minimum absolute atomic E-state index is 0.305. The lowest BCUT2D eigenvalue weighted by molar-refractivity contribution is -0.130. The summed E-state index contributed by atoms with van der Waals surface area (Å²) in [6.07, 6.45) is 1.66. The number of fused-ring (bicyclic) bond motifs is 1. The van der Waals surface area contributed by atoms with Crippen molar-refractivity contribution in [3.8, 4) is 17.3 Å². The number of carbonyl (C=O) groups excluding carboxylic acids is 1. The number of amides is 1. The number of benzene rings is 2. The third kappa shape index (κ3) is 4.61. The molecule has 0 spiro atoms. The molecule has 0 saturated carbocycles. The van der Waals surface area contributed by atoms with Crippen molar-refractivity contribution in [2.45, 2.75) is 26.1 Å². The Morgan fingerprint density at radius 3 is 2.70 bits per heavy atom. The van der Waals surface area contributed by atoms with Gasteiger partial charge in [-0.25, -0.2) is 9.97 Å². The highest BCUT2D eigenvalue weighted by molar-refractivity contribution is 7.22. The zero-order valence-corrected chi connectivity index (χ0v) is 17.3. The lowest BCUT2D eigenvalue weighted by atomic mass is 10.1. The van der Waals surface area contributed by atoms with E-state index < -0.39 is 11.5 Å². The fourth-order valence-corrected chi connectivity index (χ4v) is 3.58. The summed E-state index contributed by atoms with van der Waals surface area (Å²) >= 11 is 1.33. The van der Waals surface area contributed by atoms with Crippen molar-refractivity contribution in [3.63, 3.8) is 0 Å². The first-order valence-corrected chi connectivity index (χ1v) is 10.1. The number of rotatable bonds is 6. The number of thiazole rings is 1. The summed E-state index contributed by atoms with van der Waals surface area (Å²) in [6.45, 7) is 3.25. The molecule has 4 aromatic rings. The molecular formula is C22H20N4O3S. The Labute approximate surface area is 177 Å². The van der Waals surface area contributed by atoms with Crippen molar-refractivity contribution in [2.24, 2.45) is 0 Å². The van der Waals surface area contributed by atoms with Gasteiger partial charge >= 0.3 is 6.01 Å². The van der Waals surface area contributed by atoms with Crippen LogP contribution in [0.25, 0.3) is 21.5 Å². The summed E-state index contributed by atoms with van der Waals surface area (Å²) in [5, 5.41) is 12.9. The molecular weight excluding hydrogens is 400 g/mol. The van der Waals surface area contributed by atoms with E-state index in [-0.39, 0.29) is 0 Å². The van der Waals surface area contributed by atoms with Gasteiger partial charge in [-0.15, -0.1) is 0 Å². The van der Waals surface area contributed by atoms with Gasteiger partial charge in [-0.3, -0.25) is 10.1 Å². The lowest BCUT2D eigenvalue weighted by Gasteiger charge is -2.14. The van der Waals surface area contributed by atoms with Crippen molar-refractivity contribution >= 4 is 32.6 Å². The minimum atomic E-state index is -1.47. The SMILES string of the molecule is CC(C)(O)C(=O)Nc1nc2ccc(-c3ccnc(OCc4ccccc4)n3)cc2s1. The Balaban J connectivity index is 1.53. The van der Waals surface area contributed by atoms with E-state index in [0.717, 1.165) is 27.0 Å². The molecule has 1 amide bonds. The van der Waals surface area contributed by atoms with Gasteiger partial charge in [-0.05, 0) is 37.6 Å². The number of hydrogen-bond acceptors (Lipinski definition) is 7. The van der Waals surface area contributed by atoms with E-state index in [9.17, 15) is 9.90 Å². The Kier molecular flexibility index (Phi) is 5.43. The van der Waals surface area contributed by atoms with Crippen LogP contribution in [0.15, 0.2) is 60.8 Å². The van der Waals surface area contributed by atoms with Crippen molar-refractivity contribution < 1.29 is 14.6 Å². The van der Waals surface area contributed by atoms with Gasteiger partial charge in [-0.1, -0.05) is 47.7 Å². The largest absolute Gasteiger partial charge is 0.459 e. The van der Waals surface area contributed by atoms with Gasteiger partial charge in [0, 0.05) is 11.8 Å². The third-order valence-electron chi connectivity index (χ3n) is 4.30. The van der Waals surface area contributed by atoms with Gasteiger partial charge in [0.15, 0.2) is 5.13 Å². The van der Waals surface area contributed by atoms with Crippen LogP contribution in [-0.4, -0.2) is 31.6 Å². The second-order valence-corrected chi connectivity index (χ2v) is 8.24. The van der Waals surface area contributed by atoms with Crippen LogP contribution in [0.3, 0.4) is 0 Å². The molecule has 0 bridgehead atoms. The molecule has 7 nitrogen and oxygen atoms in total. The van der Waals surface area contributed by atoms with E-state index in [2.05, 4.69) is 20.3 Å². The average molecular weight is 420 g/mol. The van der Waals surface area contributed by atoms with Gasteiger partial charge in [-0.2, -0.15) is 4.98 Å². The highest BCUT2D eigenvalue weighted by Gasteiger charge is 2.24. The fourth-order valence-electron chi connectivity index (χ4n) is 2.68. The fraction of sp³-hybridized carbons (Fsp3) is 0.182. The molecule has 0 atom stereocenters. The van der Waals surface area contributed by atoms with E-state index in [4.69, 9.17) is 4.74 Å². The van der Waals surface area contributed by atoms with Gasteiger partial charge in [0.05, 0.1) is 15.9 Å². The quantitative estimate of drug-likeness (QED) is 0.489. The maximum absolute atomic E-state index is 12.0. The molecule has 0 fully saturated rings. The van der Waals surface area contributed by atoms with Crippen LogP contribution in [0.4, 0.5) is 5.13 Å². The van der Waals surface area contributed by atoms with Crippen LogP contribution in [0, 0.1) is 0 Å². The summed E-state index contributed by atoms with van der Waals surface area (Å²) < 4.78 is 6.61. The minimum Gasteiger partial charge on any atom is -0.459 e. The van der Waals surface area contributed by atoms with Gasteiger partial charge < -0.3 is 9.84 Å². The second-order valence-electron chi connectivity index (χ2n) is 7.21. The van der Waals surface area contributed by atoms with Crippen LogP contribution in [0.2, 0.25) is 0 Å². The molecule has 4 rings (SSSR count). The molecule has 8 heteroatoms. The molecule has 2 aromatic heterocycles. The predicted molar refractivity (Wildman–Crippen MR) is 116 cm³/mol. The van der Waals surface area contributed by atoms with E-state index in [1.165, 1.54) is 25.2 Å². The highest BCUT2D eigenvalue weighted by atomic mass is 32.1. The van der Waals surface area contributed by atoms with Gasteiger partial charge in [0.2, 0.25) is 0 Å². The Morgan fingerprint density at radius 1 is 1.13 bits per heavy atom. The van der Waals surface area contributed by atoms with Crippen LogP contribution >= 0.6 is 11.3 Å². The number of carbonyl (C=O) groups is 1. The summed E-state index contributed by atoms with van der Waals surface area (Å²) in [4.78, 5) is 25.1. The highest BCUT2D eigenvalue weighted by Crippen LogP contribution is 2.30. The summed E-state index contributed by atoms with van der Waals surface area (Å²) in [7, 11) is 0. The van der Waals surface area contributed by atoms with Crippen molar-refractivity contribution in [3.05, 3.63) is 66.4 Å². The molecule has 2 N–H and O–H groups in total. The van der Waals surface area contributed by atoms with Crippen LogP contribution < -0.4 is 10.1 Å². The first-order chi connectivity index (χ1) is 14.4. The smallest absolute Gasteiger partial charge is 0.317 e. The molecule has 30 heavy (non-hydrogen) atoms. The standard InChI is InChI=1S/C22H20N4O3S/c1-22(2,28)19(27)26-21-25-17-9-8-15(12-18(17)30-21)16-10-11-23-20(24-16)29-13-14-6-4-3-5-7-14/h3-12,28H,13H2,1-2H3,(H,25,26,27). The number of anilines is 1. The summed E-state index contributed by atoms with van der Waals surface area (Å²) in [5.74, 6) is -0.502. The van der Waals surface area contributed by atoms with Crippen LogP contribution in [-0.2, 0) is 11.4 Å². The molecule has 2 heterocycles. The number of nitrogens with zero attached hydrogens (tertiary/aromatic N) is 3. The van der Waals surface area contributed by atoms with E-state index in [1.54, 1.807) is 6.20 Å². The lowest BCUT2D eigenvalue weighted by Crippen LogP contribution is -2.36. The Hall–Kier alpha value is -3.36. The Bertz CT molecular complexity index is 1190. The zero-order valence-electron chi connectivity index (χ0n) is 16.5. The molecule has 0 aliphatic carbocycles. The number of aliphatic hydroxyl groups is 1. The maximum Gasteiger partial charge on any atom is 0.317 e. The number of hydrogen-bond donors (Lipinski definition) is 2. The molecule has 152 valence electrons. The number of ether oxygens (including phenoxy) is 1. The van der Waals surface area contributed by atoms with Crippen LogP contribution in [0.1, 0.15) is 19.4 Å². The molecule has 0 aliphatic heterocycles. The van der Waals surface area contributed by atoms with Crippen LogP contribution in [0.5, 0.6) is 6.01 Å². The average Bonchev–Trinajstić information content (AvgIpc) is 3.14. The van der Waals surface area contributed by atoms with E-state index in [1.807, 2.05) is 54.6 Å². The zero-order chi connectivity index (χ0) is 21.1. The van der Waals surface area contributed by atoms with Crippen molar-refractivity contribution in [1.29, 1.82) is 0 Å². The molecule has 0 aliphatic rings. The maximum atomic E-state index is 12.0. The van der Waals surface area contributed by atoms with Crippen molar-refractivity contribution in [1.82, 2.24) is 15.0 Å². The normalized spacial score (nSPS) is 11.4. The van der Waals surface area contributed by atoms with Gasteiger partial charge in [0.25, 0.3) is 5.91 Å². The molecule has 0 saturated heterocycles. The molecule has 0 radical (unpaired) electrons. The van der Waals surface area contributed by atoms with Gasteiger partial charge in [0.1, 0.15) is 12.2 Å². The summed E-state index contributed by atoms with van der Waals surface area (Å²) in [5.41, 5.74) is 1.94. The first-order valence-electron chi connectivity index (χ1n) is 9.33. The first kappa shape index (κ1) is 19.9. The Morgan fingerprint density at radius 2 is 1.93 bits per heavy atom. The summed E-state index contributed by atoms with van der Waals surface area (Å²) in [6, 6.07) is 17.7. The van der Waals surface area contributed by atoms with E-state index >= 15 is 0 Å². The van der Waals surface area contributed by atoms with Crippen molar-refractivity contribution in [2.75, 3.05) is 5.32 Å². The van der Waals surface area contributed by atoms with E-state index in [0.29, 0.717) is 17.7 Å².